The maximum atomic E-state index is 13.8. The number of hydrogen-bond acceptors (Lipinski definition) is 24. The summed E-state index contributed by atoms with van der Waals surface area (Å²) in [5, 5.41) is 39.4. The lowest BCUT2D eigenvalue weighted by Crippen LogP contribution is -2.45. The fourth-order valence-electron chi connectivity index (χ4n) is 10.7. The Morgan fingerprint density at radius 2 is 1.17 bits per heavy atom. The van der Waals surface area contributed by atoms with Gasteiger partial charge in [0.05, 0.1) is 69.7 Å². The van der Waals surface area contributed by atoms with Crippen LogP contribution in [0.15, 0.2) is 97.8 Å². The number of carbonyl (C=O) groups is 6. The number of hydrogen-bond donors (Lipinski definition) is 10. The van der Waals surface area contributed by atoms with Crippen LogP contribution in [0.5, 0.6) is 0 Å². The third-order valence-corrected chi connectivity index (χ3v) is 25.8. The minimum absolute atomic E-state index is 0.0336. The van der Waals surface area contributed by atoms with Gasteiger partial charge in [0.25, 0.3) is 11.8 Å². The second kappa shape index (κ2) is 45.5. The minimum Gasteiger partial charge on any atom is -0.464 e. The Balaban J connectivity index is 0.000000425. The van der Waals surface area contributed by atoms with Gasteiger partial charge in [-0.1, -0.05) is 88.4 Å². The van der Waals surface area contributed by atoms with E-state index in [4.69, 9.17) is 33.5 Å². The van der Waals surface area contributed by atoms with Gasteiger partial charge in [0, 0.05) is 96.0 Å². The highest BCUT2D eigenvalue weighted by Crippen LogP contribution is 2.65. The number of aromatic amines is 1. The Bertz CT molecular complexity index is 3260. The number of nitrogens with one attached hydrogen (secondary N) is 3. The highest BCUT2D eigenvalue weighted by molar-refractivity contribution is 7.78. The summed E-state index contributed by atoms with van der Waals surface area (Å²) < 4.78 is 75.3. The second-order valence-corrected chi connectivity index (χ2v) is 35.8. The molecule has 11 N–H and O–H groups in total. The predicted molar refractivity (Wildman–Crippen MR) is 374 cm³/mol. The average Bonchev–Trinajstić information content (AvgIpc) is 0.824. The van der Waals surface area contributed by atoms with Crippen LogP contribution in [-0.2, 0) is 73.6 Å². The Hall–Kier alpha value is -5.65. The molecule has 2 unspecified atom stereocenters. The number of H-pyrrole nitrogens is 1. The summed E-state index contributed by atoms with van der Waals surface area (Å²) in [4.78, 5) is 131. The second-order valence-electron chi connectivity index (χ2n) is 25.2. The normalized spacial score (nSPS) is 15.3. The maximum Gasteiger partial charge on any atom is 0.460 e. The van der Waals surface area contributed by atoms with Crippen molar-refractivity contribution in [3.8, 4) is 0 Å². The number of aliphatic hydroxyl groups excluding tert-OH is 2. The van der Waals surface area contributed by atoms with Gasteiger partial charge in [-0.15, -0.1) is 0 Å². The van der Waals surface area contributed by atoms with Crippen LogP contribution in [-0.4, -0.2) is 243 Å². The molecule has 2 amide bonds. The van der Waals surface area contributed by atoms with Crippen LogP contribution < -0.4 is 15.6 Å². The molecule has 556 valence electrons. The Labute approximate surface area is 585 Å². The van der Waals surface area contributed by atoms with E-state index in [0.717, 1.165) is 11.1 Å². The van der Waals surface area contributed by atoms with Gasteiger partial charge in [0.15, 0.2) is 35.1 Å². The number of carbonyl (C=O) groups excluding carboxylic acids is 6. The first kappa shape index (κ1) is 88.6. The summed E-state index contributed by atoms with van der Waals surface area (Å²) in [6.07, 6.45) is 9.13. The predicted octanol–water partition coefficient (Wildman–Crippen LogP) is 3.83. The van der Waals surface area contributed by atoms with E-state index >= 15 is 0 Å². The van der Waals surface area contributed by atoms with Gasteiger partial charge in [0.2, 0.25) is 7.37 Å². The number of ketones is 2. The van der Waals surface area contributed by atoms with Crippen molar-refractivity contribution in [2.45, 2.75) is 121 Å². The van der Waals surface area contributed by atoms with Crippen molar-refractivity contribution in [1.82, 2.24) is 35.4 Å². The number of Topliss-reactive ketones (excluding diaryl/α,β-unsaturated/α-hetero) is 2. The average molecular weight is 1480 g/mol. The third-order valence-electron chi connectivity index (χ3n) is 15.5. The molecule has 31 nitrogen and oxygen atoms in total. The molecule has 100 heavy (non-hydrogen) atoms. The number of aromatic nitrogens is 4. The number of ether oxygens (including phenoxy) is 2. The highest BCUT2D eigenvalue weighted by Gasteiger charge is 2.46. The monoisotopic (exact) mass is 1480 g/mol. The molecule has 2 aromatic carbocycles. The Morgan fingerprint density at radius 3 is 1.62 bits per heavy atom. The third kappa shape index (κ3) is 35.0. The minimum atomic E-state index is -5.24. The van der Waals surface area contributed by atoms with Gasteiger partial charge >= 0.3 is 41.4 Å². The summed E-state index contributed by atoms with van der Waals surface area (Å²) in [6, 6.07) is 17.1. The van der Waals surface area contributed by atoms with Gasteiger partial charge in [-0.2, -0.15) is 0 Å². The highest BCUT2D eigenvalue weighted by atomic mass is 31.2. The van der Waals surface area contributed by atoms with Crippen LogP contribution in [0.4, 0.5) is 0 Å². The van der Waals surface area contributed by atoms with Crippen molar-refractivity contribution in [3.05, 3.63) is 120 Å². The van der Waals surface area contributed by atoms with Crippen LogP contribution in [0.25, 0.3) is 0 Å². The number of aliphatic hydroxyl groups is 2. The number of benzene rings is 2. The fourth-order valence-corrected chi connectivity index (χ4v) is 19.0. The standard InChI is InChI=1S/C29H43BN4O12P2.C20H26BN3O4.C14H31NO7P2/c1-21(2)16-23(18-26(35)24(17-22-6-4-3-5-7-22)33-29(37)25-20-31-8-9-32-25)30-45-14-11-34(12-15-46-30)10-13-44-27(36)19-28(47(38,39)40)48(41,42)43;1-14(2)10-16(21(27)28)12-19(25)17(11-15-6-4-3-5-7-15)24-20(26)18-13-22-8-9-23-18;1-5-22-24(4,20)14(23(2,3)19)12-13(18)21-11-8-15(6-9-16)7-10-17/h3-9,20-21,23-24,28H,10-19H2,1-2H3,(H,33,37)(H2,38,39,40)(H2,41,42,43);3-9,13-14,16-17,27-28H,10-12H2,1-2H3,(H,24,26);14,16-17H,5-12H2,1-4H3/p+1/t23-,24+;16-,17+;/m11./s1. The van der Waals surface area contributed by atoms with E-state index in [9.17, 15) is 76.6 Å². The molecule has 1 aliphatic rings. The Kier molecular flexibility index (Phi) is 40.3. The van der Waals surface area contributed by atoms with E-state index in [1.54, 1.807) is 18.0 Å². The van der Waals surface area contributed by atoms with Crippen LogP contribution in [0, 0.1) is 11.8 Å². The molecule has 6 atom stereocenters. The molecular formula is C63H101B2N8O23P4+. The van der Waals surface area contributed by atoms with E-state index in [-0.39, 0.29) is 113 Å². The number of amides is 2. The van der Waals surface area contributed by atoms with Crippen LogP contribution in [0.2, 0.25) is 11.6 Å². The van der Waals surface area contributed by atoms with Crippen LogP contribution in [0.1, 0.15) is 105 Å². The lowest BCUT2D eigenvalue weighted by Gasteiger charge is -2.31. The molecule has 0 spiro atoms. The van der Waals surface area contributed by atoms with E-state index < -0.39 is 103 Å². The first-order valence-electron chi connectivity index (χ1n) is 32.8. The lowest BCUT2D eigenvalue weighted by molar-refractivity contribution is -0.379. The largest absolute Gasteiger partial charge is 0.464 e. The van der Waals surface area contributed by atoms with Crippen molar-refractivity contribution in [3.63, 3.8) is 0 Å². The van der Waals surface area contributed by atoms with Crippen molar-refractivity contribution in [2.75, 3.05) is 106 Å². The molecule has 37 heteroatoms. The van der Waals surface area contributed by atoms with Gasteiger partial charge in [-0.3, -0.25) is 57.2 Å². The fraction of sp³-hybridized carbons (Fsp3) is 0.587. The zero-order valence-electron chi connectivity index (χ0n) is 58.1. The molecule has 5 rings (SSSR count). The van der Waals surface area contributed by atoms with E-state index in [1.807, 2.05) is 93.3 Å². The van der Waals surface area contributed by atoms with E-state index in [1.165, 1.54) is 51.0 Å². The SMILES string of the molecule is CC(C)C[C@H](CC(=O)[C@H](Cc1ccccc1)NC(=O)c1c[nH+]ccn1)B1OCCN(CCOC(=O)CC(P(=O)(O)O)P(=O)(O)O)CCO1.CC(C)C[C@H](CC(=O)[C@H](Cc1ccccc1)NC(=O)c1cnccn1)B(O)O.CCOP(C)(=O)C(CC(=O)OCCN(CCO)CCO)P(C)(C)=O. The number of rotatable bonds is 40. The topological polar surface area (TPSA) is 462 Å². The molecule has 0 bridgehead atoms. The van der Waals surface area contributed by atoms with Crippen molar-refractivity contribution < 1.29 is 115 Å². The molecule has 0 aliphatic carbocycles. The van der Waals surface area contributed by atoms with E-state index in [2.05, 4.69) is 30.6 Å². The molecule has 0 radical (unpaired) electrons. The molecule has 2 aromatic heterocycles. The zero-order valence-corrected chi connectivity index (χ0v) is 61.7. The molecule has 1 aliphatic heterocycles. The van der Waals surface area contributed by atoms with Gasteiger partial charge in [-0.25, -0.2) is 15.0 Å². The summed E-state index contributed by atoms with van der Waals surface area (Å²) >= 11 is 0. The molecule has 4 aromatic rings. The zero-order chi connectivity index (χ0) is 74.6. The summed E-state index contributed by atoms with van der Waals surface area (Å²) in [7, 11) is -18.8. The van der Waals surface area contributed by atoms with Crippen LogP contribution >= 0.6 is 29.7 Å². The molecule has 1 saturated heterocycles. The summed E-state index contributed by atoms with van der Waals surface area (Å²) in [5.41, 5.74) is 2.05. The Morgan fingerprint density at radius 1 is 0.670 bits per heavy atom. The first-order chi connectivity index (χ1) is 47.1. The molecular weight excluding hydrogens is 1380 g/mol. The summed E-state index contributed by atoms with van der Waals surface area (Å²) in [6.45, 7) is 16.6. The molecule has 1 fully saturated rings. The van der Waals surface area contributed by atoms with Crippen LogP contribution in [0.3, 0.4) is 0 Å². The molecule has 0 saturated carbocycles. The number of esters is 2. The van der Waals surface area contributed by atoms with Crippen molar-refractivity contribution >= 4 is 79.3 Å². The number of nitrogens with zero attached hydrogens (tertiary/aromatic N) is 5. The molecule has 3 heterocycles. The van der Waals surface area contributed by atoms with Crippen molar-refractivity contribution in [1.29, 1.82) is 0 Å². The van der Waals surface area contributed by atoms with Gasteiger partial charge < -0.3 is 78.3 Å². The maximum absolute atomic E-state index is 13.8. The first-order valence-corrected chi connectivity index (χ1v) is 41.0. The quantitative estimate of drug-likeness (QED) is 0.0172. The van der Waals surface area contributed by atoms with Crippen molar-refractivity contribution in [2.24, 2.45) is 11.8 Å². The van der Waals surface area contributed by atoms with E-state index in [0.29, 0.717) is 58.4 Å². The van der Waals surface area contributed by atoms with Gasteiger partial charge in [0.1, 0.15) is 18.9 Å². The van der Waals surface area contributed by atoms with Gasteiger partial charge in [-0.05, 0) is 68.9 Å². The smallest absolute Gasteiger partial charge is 0.460 e. The lowest BCUT2D eigenvalue weighted by atomic mass is 9.64. The summed E-state index contributed by atoms with van der Waals surface area (Å²) in [5.74, 6) is -3.59.